The molecule has 158 valence electrons. The summed E-state index contributed by atoms with van der Waals surface area (Å²) in [5.41, 5.74) is -6.06. The van der Waals surface area contributed by atoms with Crippen molar-refractivity contribution >= 4 is 38.7 Å². The van der Waals surface area contributed by atoms with Gasteiger partial charge in [-0.05, 0) is 49.5 Å². The van der Waals surface area contributed by atoms with E-state index in [1.807, 2.05) is 24.3 Å². The Hall–Kier alpha value is -2.14. The minimum Gasteiger partial charge on any atom is -0.475 e. The third-order valence-electron chi connectivity index (χ3n) is 4.48. The third-order valence-corrected chi connectivity index (χ3v) is 6.03. The minimum atomic E-state index is -4.97. The first-order valence-corrected chi connectivity index (χ1v) is 10.6. The molecule has 6 nitrogen and oxygen atoms in total. The lowest BCUT2D eigenvalue weighted by Gasteiger charge is -2.33. The normalized spacial score (nSPS) is 20.8. The summed E-state index contributed by atoms with van der Waals surface area (Å²) in [5.74, 6) is -0.190. The Morgan fingerprint density at radius 1 is 1.34 bits per heavy atom. The second kappa shape index (κ2) is 8.70. The number of fused-ring (bicyclic) bond motifs is 1. The lowest BCUT2D eigenvalue weighted by molar-refractivity contribution is -0.158. The van der Waals surface area contributed by atoms with Gasteiger partial charge in [0.25, 0.3) is 0 Å². The number of ether oxygens (including phenoxy) is 2. The largest absolute Gasteiger partial charge is 0.508 e. The number of hydrogen-bond donors (Lipinski definition) is 0. The zero-order valence-corrected chi connectivity index (χ0v) is 17.0. The van der Waals surface area contributed by atoms with Crippen LogP contribution in [0.25, 0.3) is 10.1 Å². The maximum absolute atomic E-state index is 12.6. The van der Waals surface area contributed by atoms with Crippen LogP contribution in [0.1, 0.15) is 26.2 Å². The second-order valence-electron chi connectivity index (χ2n) is 6.41. The van der Waals surface area contributed by atoms with Crippen LogP contribution in [0.3, 0.4) is 0 Å². The summed E-state index contributed by atoms with van der Waals surface area (Å²) in [6.45, 7) is 1.77. The highest BCUT2D eigenvalue weighted by molar-refractivity contribution is 7.81. The van der Waals surface area contributed by atoms with E-state index in [9.17, 15) is 22.2 Å². The third kappa shape index (κ3) is 4.89. The molecule has 2 atom stereocenters. The maximum Gasteiger partial charge on any atom is 0.508 e. The molecule has 0 bridgehead atoms. The number of benzene rings is 1. The summed E-state index contributed by atoms with van der Waals surface area (Å²) in [6.07, 6.45) is 1.52. The molecule has 1 heterocycles. The van der Waals surface area contributed by atoms with Crippen LogP contribution in [-0.4, -0.2) is 33.3 Å². The molecule has 0 amide bonds. The van der Waals surface area contributed by atoms with Gasteiger partial charge in [-0.1, -0.05) is 12.1 Å². The molecule has 1 aromatic heterocycles. The molecule has 1 aliphatic carbocycles. The molecule has 0 saturated carbocycles. The second-order valence-corrected chi connectivity index (χ2v) is 8.32. The molecule has 11 heteroatoms. The van der Waals surface area contributed by atoms with E-state index in [4.69, 9.17) is 9.47 Å². The Bertz CT molecular complexity index is 943. The highest BCUT2D eigenvalue weighted by Gasteiger charge is 2.45. The number of hydrogen-bond acceptors (Lipinski definition) is 7. The van der Waals surface area contributed by atoms with E-state index < -0.39 is 28.0 Å². The predicted octanol–water partition coefficient (Wildman–Crippen LogP) is 4.49. The van der Waals surface area contributed by atoms with Gasteiger partial charge in [0.1, 0.15) is 17.8 Å². The van der Waals surface area contributed by atoms with Crippen LogP contribution < -0.4 is 4.74 Å². The molecule has 0 fully saturated rings. The fourth-order valence-electron chi connectivity index (χ4n) is 2.93. The number of carbonyl (C=O) groups excluding carboxylic acids is 1. The quantitative estimate of drug-likeness (QED) is 0.580. The molecule has 0 spiro atoms. The molecule has 29 heavy (non-hydrogen) atoms. The Balaban J connectivity index is 1.75. The fourth-order valence-corrected chi connectivity index (χ4v) is 4.09. The van der Waals surface area contributed by atoms with Crippen molar-refractivity contribution in [2.75, 3.05) is 13.2 Å². The SMILES string of the molecule is CCOC(=O)C1(COc2nsc3ccccc23)CC=C(OS(=O)C(F)(F)F)CC1. The van der Waals surface area contributed by atoms with E-state index in [-0.39, 0.29) is 38.2 Å². The molecule has 2 aromatic rings. The number of nitrogens with zero attached hydrogens (tertiary/aromatic N) is 1. The number of rotatable bonds is 7. The van der Waals surface area contributed by atoms with Gasteiger partial charge >= 0.3 is 22.6 Å². The van der Waals surface area contributed by atoms with Gasteiger partial charge in [0.2, 0.25) is 5.88 Å². The van der Waals surface area contributed by atoms with E-state index in [2.05, 4.69) is 8.56 Å². The molecule has 1 aliphatic rings. The van der Waals surface area contributed by atoms with Gasteiger partial charge in [-0.3, -0.25) is 4.79 Å². The fraction of sp³-hybridized carbons (Fsp3) is 0.444. The summed E-state index contributed by atoms with van der Waals surface area (Å²) in [7, 11) is 0. The summed E-state index contributed by atoms with van der Waals surface area (Å²) in [6, 6.07) is 7.47. The Labute approximate surface area is 171 Å². The number of allylic oxidation sites excluding steroid dienone is 2. The summed E-state index contributed by atoms with van der Waals surface area (Å²) in [5, 5.41) is 0.812. The monoisotopic (exact) mass is 449 g/mol. The molecule has 0 saturated heterocycles. The molecular weight excluding hydrogens is 431 g/mol. The lowest BCUT2D eigenvalue weighted by atomic mass is 9.77. The van der Waals surface area contributed by atoms with Gasteiger partial charge in [-0.15, -0.1) is 0 Å². The highest BCUT2D eigenvalue weighted by Crippen LogP contribution is 2.39. The van der Waals surface area contributed by atoms with E-state index >= 15 is 0 Å². The highest BCUT2D eigenvalue weighted by atomic mass is 32.2. The number of esters is 1. The molecule has 0 aliphatic heterocycles. The standard InChI is InChI=1S/C18H18F3NO5S2/c1-2-25-16(23)17(9-7-12(8-10-17)27-29(24)18(19,20)21)11-26-15-13-5-3-4-6-14(13)28-22-15/h3-7H,2,8-11H2,1H3. The van der Waals surface area contributed by atoms with Crippen LogP contribution in [0, 0.1) is 5.41 Å². The van der Waals surface area contributed by atoms with Crippen LogP contribution in [-0.2, 0) is 24.8 Å². The van der Waals surface area contributed by atoms with Crippen molar-refractivity contribution in [3.63, 3.8) is 0 Å². The van der Waals surface area contributed by atoms with Crippen LogP contribution in [0.4, 0.5) is 13.2 Å². The van der Waals surface area contributed by atoms with Crippen molar-refractivity contribution in [1.29, 1.82) is 0 Å². The molecule has 0 N–H and O–H groups in total. The van der Waals surface area contributed by atoms with Crippen LogP contribution >= 0.6 is 11.5 Å². The Morgan fingerprint density at radius 3 is 2.76 bits per heavy atom. The van der Waals surface area contributed by atoms with Gasteiger partial charge in [0.15, 0.2) is 0 Å². The first-order chi connectivity index (χ1) is 13.7. The molecule has 2 unspecified atom stereocenters. The maximum atomic E-state index is 12.6. The molecule has 0 radical (unpaired) electrons. The van der Waals surface area contributed by atoms with Crippen LogP contribution in [0.15, 0.2) is 36.1 Å². The van der Waals surface area contributed by atoms with Gasteiger partial charge in [0, 0.05) is 6.42 Å². The summed E-state index contributed by atoms with van der Waals surface area (Å²) in [4.78, 5) is 12.6. The minimum absolute atomic E-state index is 0.00179. The van der Waals surface area contributed by atoms with Gasteiger partial charge in [-0.25, -0.2) is 4.21 Å². The van der Waals surface area contributed by atoms with Gasteiger partial charge in [-0.2, -0.15) is 17.5 Å². The van der Waals surface area contributed by atoms with Gasteiger partial charge < -0.3 is 13.7 Å². The van der Waals surface area contributed by atoms with E-state index in [0.717, 1.165) is 10.1 Å². The van der Waals surface area contributed by atoms with E-state index in [1.165, 1.54) is 17.6 Å². The van der Waals surface area contributed by atoms with Gasteiger partial charge in [0.05, 0.1) is 16.7 Å². The first kappa shape index (κ1) is 21.6. The number of halogens is 3. The van der Waals surface area contributed by atoms with Crippen LogP contribution in [0.5, 0.6) is 5.88 Å². The first-order valence-electron chi connectivity index (χ1n) is 8.75. The average Bonchev–Trinajstić information content (AvgIpc) is 3.10. The van der Waals surface area contributed by atoms with Crippen molar-refractivity contribution < 1.29 is 35.8 Å². The summed E-state index contributed by atoms with van der Waals surface area (Å²) < 4.78 is 69.1. The lowest BCUT2D eigenvalue weighted by Crippen LogP contribution is -2.40. The zero-order chi connectivity index (χ0) is 21.1. The average molecular weight is 449 g/mol. The van der Waals surface area contributed by atoms with Crippen molar-refractivity contribution in [2.45, 2.75) is 31.7 Å². The van der Waals surface area contributed by atoms with Crippen molar-refractivity contribution in [3.8, 4) is 5.88 Å². The number of alkyl halides is 3. The Kier molecular flexibility index (Phi) is 6.47. The smallest absolute Gasteiger partial charge is 0.475 e. The van der Waals surface area contributed by atoms with E-state index in [1.54, 1.807) is 6.92 Å². The number of aromatic nitrogens is 1. The topological polar surface area (TPSA) is 74.7 Å². The number of carbonyl (C=O) groups is 1. The van der Waals surface area contributed by atoms with Crippen molar-refractivity contribution in [2.24, 2.45) is 5.41 Å². The van der Waals surface area contributed by atoms with Crippen LogP contribution in [0.2, 0.25) is 0 Å². The molecular formula is C18H18F3NO5S2. The van der Waals surface area contributed by atoms with Crippen molar-refractivity contribution in [1.82, 2.24) is 4.37 Å². The van der Waals surface area contributed by atoms with Crippen molar-refractivity contribution in [3.05, 3.63) is 36.1 Å². The molecule has 1 aromatic carbocycles. The summed E-state index contributed by atoms with van der Waals surface area (Å²) >= 11 is -2.18. The Morgan fingerprint density at radius 2 is 2.10 bits per heavy atom. The van der Waals surface area contributed by atoms with E-state index in [0.29, 0.717) is 5.88 Å². The molecule has 3 rings (SSSR count). The zero-order valence-electron chi connectivity index (χ0n) is 15.4. The predicted molar refractivity (Wildman–Crippen MR) is 101 cm³/mol.